The highest BCUT2D eigenvalue weighted by Gasteiger charge is 2.33. The zero-order valence-electron chi connectivity index (χ0n) is 16.4. The number of nitrogens with one attached hydrogen (secondary N) is 1. The Morgan fingerprint density at radius 1 is 1.13 bits per heavy atom. The number of nitrogens with zero attached hydrogens (tertiary/aromatic N) is 1. The van der Waals surface area contributed by atoms with Gasteiger partial charge in [-0.1, -0.05) is 53.6 Å². The number of carbonyl (C=O) groups is 2. The molecule has 30 heavy (non-hydrogen) atoms. The molecule has 4 nitrogen and oxygen atoms in total. The third kappa shape index (κ3) is 4.21. The molecule has 152 valence electrons. The topological polar surface area (TPSA) is 49.4 Å². The smallest absolute Gasteiger partial charge is 0.244 e. The highest BCUT2D eigenvalue weighted by molar-refractivity contribution is 6.30. The first-order chi connectivity index (χ1) is 14.4. The summed E-state index contributed by atoms with van der Waals surface area (Å²) in [6.07, 6.45) is 0.155. The van der Waals surface area contributed by atoms with E-state index in [1.807, 2.05) is 31.2 Å². The normalized spacial score (nSPS) is 15.9. The SMILES string of the molecule is Cc1cccc(CC(=O)N2CC(=O)Nc3ccc(Cl)cc3[C@@H]2c2ccc(F)cc2)c1. The third-order valence-corrected chi connectivity index (χ3v) is 5.39. The van der Waals surface area contributed by atoms with Crippen molar-refractivity contribution in [3.05, 3.63) is 99.8 Å². The second-order valence-corrected chi connectivity index (χ2v) is 7.86. The van der Waals surface area contributed by atoms with Gasteiger partial charge in [-0.25, -0.2) is 4.39 Å². The standard InChI is InChI=1S/C24H20ClFN2O2/c1-15-3-2-4-16(11-15)12-23(30)28-14-22(29)27-21-10-7-18(25)13-20(21)24(28)17-5-8-19(26)9-6-17/h2-11,13,24H,12,14H2,1H3,(H,27,29)/t24-/m0/s1. The fraction of sp³-hybridized carbons (Fsp3) is 0.167. The Morgan fingerprint density at radius 2 is 1.90 bits per heavy atom. The number of fused-ring (bicyclic) bond motifs is 1. The van der Waals surface area contributed by atoms with Gasteiger partial charge in [-0.05, 0) is 48.4 Å². The monoisotopic (exact) mass is 422 g/mol. The largest absolute Gasteiger partial charge is 0.324 e. The lowest BCUT2D eigenvalue weighted by atomic mass is 9.95. The molecule has 0 saturated carbocycles. The number of halogens is 2. The highest BCUT2D eigenvalue weighted by atomic mass is 35.5. The van der Waals surface area contributed by atoms with Gasteiger partial charge >= 0.3 is 0 Å². The molecule has 0 fully saturated rings. The van der Waals surface area contributed by atoms with Crippen LogP contribution >= 0.6 is 11.6 Å². The molecule has 0 aromatic heterocycles. The molecule has 2 amide bonds. The Morgan fingerprint density at radius 3 is 2.63 bits per heavy atom. The number of carbonyl (C=O) groups excluding carboxylic acids is 2. The van der Waals surface area contributed by atoms with Crippen LogP contribution in [-0.4, -0.2) is 23.3 Å². The molecule has 0 unspecified atom stereocenters. The summed E-state index contributed by atoms with van der Waals surface area (Å²) in [6.45, 7) is 1.85. The molecule has 0 bridgehead atoms. The van der Waals surface area contributed by atoms with E-state index < -0.39 is 6.04 Å². The zero-order chi connectivity index (χ0) is 21.3. The van der Waals surface area contributed by atoms with Crippen LogP contribution in [0.15, 0.2) is 66.7 Å². The summed E-state index contributed by atoms with van der Waals surface area (Å²) in [4.78, 5) is 27.5. The average Bonchev–Trinajstić information content (AvgIpc) is 2.84. The average molecular weight is 423 g/mol. The van der Waals surface area contributed by atoms with Gasteiger partial charge in [0.15, 0.2) is 0 Å². The van der Waals surface area contributed by atoms with E-state index in [1.165, 1.54) is 17.0 Å². The van der Waals surface area contributed by atoms with E-state index in [2.05, 4.69) is 5.32 Å². The first-order valence-electron chi connectivity index (χ1n) is 9.60. The van der Waals surface area contributed by atoms with Crippen LogP contribution in [0.25, 0.3) is 0 Å². The van der Waals surface area contributed by atoms with Crippen molar-refractivity contribution in [2.45, 2.75) is 19.4 Å². The van der Waals surface area contributed by atoms with E-state index in [1.54, 1.807) is 30.3 Å². The zero-order valence-corrected chi connectivity index (χ0v) is 17.1. The number of rotatable bonds is 3. The molecule has 4 rings (SSSR count). The van der Waals surface area contributed by atoms with E-state index in [0.717, 1.165) is 11.1 Å². The van der Waals surface area contributed by atoms with Crippen molar-refractivity contribution < 1.29 is 14.0 Å². The highest BCUT2D eigenvalue weighted by Crippen LogP contribution is 2.37. The van der Waals surface area contributed by atoms with Gasteiger partial charge in [0.2, 0.25) is 11.8 Å². The van der Waals surface area contributed by atoms with E-state index in [9.17, 15) is 14.0 Å². The molecule has 6 heteroatoms. The summed E-state index contributed by atoms with van der Waals surface area (Å²) < 4.78 is 13.6. The van der Waals surface area contributed by atoms with Crippen LogP contribution < -0.4 is 5.32 Å². The maximum Gasteiger partial charge on any atom is 0.244 e. The van der Waals surface area contributed by atoms with Gasteiger partial charge in [0.25, 0.3) is 0 Å². The maximum absolute atomic E-state index is 13.6. The van der Waals surface area contributed by atoms with E-state index in [-0.39, 0.29) is 30.6 Å². The second-order valence-electron chi connectivity index (χ2n) is 7.42. The molecule has 0 radical (unpaired) electrons. The molecule has 1 aliphatic rings. The van der Waals surface area contributed by atoms with Crippen molar-refractivity contribution in [3.8, 4) is 0 Å². The first-order valence-corrected chi connectivity index (χ1v) is 9.98. The molecule has 1 N–H and O–H groups in total. The van der Waals surface area contributed by atoms with Crippen molar-refractivity contribution in [2.24, 2.45) is 0 Å². The van der Waals surface area contributed by atoms with E-state index >= 15 is 0 Å². The van der Waals surface area contributed by atoms with Crippen LogP contribution in [0, 0.1) is 12.7 Å². The van der Waals surface area contributed by atoms with Gasteiger partial charge in [0.05, 0.1) is 12.5 Å². The maximum atomic E-state index is 13.6. The molecule has 0 spiro atoms. The van der Waals surface area contributed by atoms with Crippen LogP contribution in [-0.2, 0) is 16.0 Å². The summed E-state index contributed by atoms with van der Waals surface area (Å²) >= 11 is 6.24. The van der Waals surface area contributed by atoms with E-state index in [0.29, 0.717) is 21.8 Å². The summed E-state index contributed by atoms with van der Waals surface area (Å²) in [7, 11) is 0. The molecule has 0 saturated heterocycles. The molecule has 1 atom stereocenters. The Hall–Kier alpha value is -3.18. The van der Waals surface area contributed by atoms with Crippen LogP contribution in [0.3, 0.4) is 0 Å². The van der Waals surface area contributed by atoms with Crippen LogP contribution in [0.2, 0.25) is 5.02 Å². The van der Waals surface area contributed by atoms with Gasteiger partial charge in [0, 0.05) is 16.3 Å². The Balaban J connectivity index is 1.80. The van der Waals surface area contributed by atoms with Crippen LogP contribution in [0.4, 0.5) is 10.1 Å². The lowest BCUT2D eigenvalue weighted by molar-refractivity contribution is -0.135. The fourth-order valence-electron chi connectivity index (χ4n) is 3.81. The van der Waals surface area contributed by atoms with Crippen molar-refractivity contribution in [1.82, 2.24) is 4.90 Å². The van der Waals surface area contributed by atoms with Crippen LogP contribution in [0.1, 0.15) is 28.3 Å². The number of benzene rings is 3. The molecular formula is C24H20ClFN2O2. The lowest BCUT2D eigenvalue weighted by Gasteiger charge is -2.31. The number of amides is 2. The summed E-state index contributed by atoms with van der Waals surface area (Å²) in [5.74, 6) is -0.857. The van der Waals surface area contributed by atoms with Crippen molar-refractivity contribution in [3.63, 3.8) is 0 Å². The molecular weight excluding hydrogens is 403 g/mol. The molecule has 3 aromatic rings. The second kappa shape index (κ2) is 8.28. The first kappa shape index (κ1) is 20.1. The predicted molar refractivity (Wildman–Crippen MR) is 115 cm³/mol. The van der Waals surface area contributed by atoms with Gasteiger partial charge in [-0.2, -0.15) is 0 Å². The number of hydrogen-bond acceptors (Lipinski definition) is 2. The van der Waals surface area contributed by atoms with Gasteiger partial charge in [-0.15, -0.1) is 0 Å². The predicted octanol–water partition coefficient (Wildman–Crippen LogP) is 4.90. The van der Waals surface area contributed by atoms with Gasteiger partial charge in [-0.3, -0.25) is 9.59 Å². The summed E-state index contributed by atoms with van der Waals surface area (Å²) in [5.41, 5.74) is 3.91. The van der Waals surface area contributed by atoms with Crippen molar-refractivity contribution >= 4 is 29.1 Å². The Kier molecular flexibility index (Phi) is 5.55. The minimum absolute atomic E-state index is 0.112. The van der Waals surface area contributed by atoms with Crippen molar-refractivity contribution in [1.29, 1.82) is 0 Å². The molecule has 1 aliphatic heterocycles. The summed E-state index contributed by atoms with van der Waals surface area (Å²) in [5, 5.41) is 3.34. The number of hydrogen-bond donors (Lipinski definition) is 1. The third-order valence-electron chi connectivity index (χ3n) is 5.15. The molecule has 1 heterocycles. The Labute approximate surface area is 179 Å². The summed E-state index contributed by atoms with van der Waals surface area (Å²) in [6, 6.07) is 18.2. The lowest BCUT2D eigenvalue weighted by Crippen LogP contribution is -2.39. The number of aryl methyl sites for hydroxylation is 1. The minimum atomic E-state index is -0.574. The molecule has 0 aliphatic carbocycles. The van der Waals surface area contributed by atoms with E-state index in [4.69, 9.17) is 11.6 Å². The van der Waals surface area contributed by atoms with Gasteiger partial charge < -0.3 is 10.2 Å². The minimum Gasteiger partial charge on any atom is -0.324 e. The fourth-order valence-corrected chi connectivity index (χ4v) is 3.99. The quantitative estimate of drug-likeness (QED) is 0.652. The van der Waals surface area contributed by atoms with Gasteiger partial charge in [0.1, 0.15) is 12.4 Å². The van der Waals surface area contributed by atoms with Crippen molar-refractivity contribution in [2.75, 3.05) is 11.9 Å². The molecule has 3 aromatic carbocycles. The van der Waals surface area contributed by atoms with Crippen LogP contribution in [0.5, 0.6) is 0 Å². The Bertz CT molecular complexity index is 1110. The number of anilines is 1.